The number of carbonyl (C=O) groups excluding carboxylic acids is 1. The molecule has 0 saturated heterocycles. The molecule has 8 heteroatoms. The van der Waals surface area contributed by atoms with Crippen LogP contribution in [0.3, 0.4) is 0 Å². The largest absolute Gasteiger partial charge is 0.416 e. The van der Waals surface area contributed by atoms with Crippen LogP contribution in [0.1, 0.15) is 11.1 Å². The topological polar surface area (TPSA) is 65.5 Å². The van der Waals surface area contributed by atoms with E-state index in [1.54, 1.807) is 30.3 Å². The summed E-state index contributed by atoms with van der Waals surface area (Å²) in [6, 6.07) is 10.8. The monoisotopic (exact) mass is 362 g/mol. The Morgan fingerprint density at radius 3 is 2.69 bits per heavy atom. The molecule has 1 amide bonds. The fraction of sp³-hybridized carbons (Fsp3) is 0.222. The standard InChI is InChI=1S/C18H17F3N4O/c19-18(20,21)14-7-13(8-15(9-14)25-17-23-5-6-24-17)16-4-2-1-3-12(16)10-22-11-26/h1-4,7-9,11H,5-6,10H2,(H,22,26)(H2,23,24,25). The molecule has 5 nitrogen and oxygen atoms in total. The number of anilines is 1. The van der Waals surface area contributed by atoms with Crippen molar-refractivity contribution < 1.29 is 18.0 Å². The highest BCUT2D eigenvalue weighted by atomic mass is 19.4. The SMILES string of the molecule is O=CNCc1ccccc1-c1cc(NC2=NCCN2)cc(C(F)(F)F)c1. The van der Waals surface area contributed by atoms with Crippen LogP contribution in [0, 0.1) is 0 Å². The fourth-order valence-corrected chi connectivity index (χ4v) is 2.74. The number of nitrogens with one attached hydrogen (secondary N) is 3. The van der Waals surface area contributed by atoms with Gasteiger partial charge in [-0.05, 0) is 34.9 Å². The van der Waals surface area contributed by atoms with Gasteiger partial charge in [0, 0.05) is 18.8 Å². The number of rotatable bonds is 5. The molecular formula is C18H17F3N4O. The summed E-state index contributed by atoms with van der Waals surface area (Å²) < 4.78 is 40.0. The van der Waals surface area contributed by atoms with E-state index in [2.05, 4.69) is 20.9 Å². The maximum Gasteiger partial charge on any atom is 0.416 e. The van der Waals surface area contributed by atoms with Gasteiger partial charge in [-0.2, -0.15) is 13.2 Å². The van der Waals surface area contributed by atoms with E-state index in [1.807, 2.05) is 0 Å². The highest BCUT2D eigenvalue weighted by Gasteiger charge is 2.31. The summed E-state index contributed by atoms with van der Waals surface area (Å²) in [5.41, 5.74) is 1.29. The van der Waals surface area contributed by atoms with E-state index in [1.165, 1.54) is 0 Å². The van der Waals surface area contributed by atoms with Crippen LogP contribution < -0.4 is 16.0 Å². The molecule has 0 aliphatic carbocycles. The van der Waals surface area contributed by atoms with Crippen LogP contribution in [0.15, 0.2) is 47.5 Å². The van der Waals surface area contributed by atoms with Crippen molar-refractivity contribution in [3.05, 3.63) is 53.6 Å². The molecule has 136 valence electrons. The van der Waals surface area contributed by atoms with E-state index in [4.69, 9.17) is 0 Å². The maximum absolute atomic E-state index is 13.3. The third kappa shape index (κ3) is 4.14. The van der Waals surface area contributed by atoms with Gasteiger partial charge >= 0.3 is 6.18 Å². The Morgan fingerprint density at radius 2 is 2.00 bits per heavy atom. The van der Waals surface area contributed by atoms with Gasteiger partial charge in [0.15, 0.2) is 5.96 Å². The molecule has 0 bridgehead atoms. The second kappa shape index (κ2) is 7.47. The predicted molar refractivity (Wildman–Crippen MR) is 93.7 cm³/mol. The Morgan fingerprint density at radius 1 is 1.19 bits per heavy atom. The molecule has 0 atom stereocenters. The highest BCUT2D eigenvalue weighted by Crippen LogP contribution is 2.36. The first-order valence-electron chi connectivity index (χ1n) is 8.00. The smallest absolute Gasteiger partial charge is 0.355 e. The molecular weight excluding hydrogens is 345 g/mol. The van der Waals surface area contributed by atoms with E-state index in [0.29, 0.717) is 42.3 Å². The Labute approximate surface area is 148 Å². The molecule has 1 aliphatic rings. The number of hydrogen-bond acceptors (Lipinski definition) is 4. The van der Waals surface area contributed by atoms with Gasteiger partial charge in [-0.15, -0.1) is 0 Å². The number of halogens is 3. The quantitative estimate of drug-likeness (QED) is 0.717. The first kappa shape index (κ1) is 17.8. The molecule has 3 rings (SSSR count). The van der Waals surface area contributed by atoms with Crippen molar-refractivity contribution in [3.63, 3.8) is 0 Å². The van der Waals surface area contributed by atoms with Crippen molar-refractivity contribution in [3.8, 4) is 11.1 Å². The van der Waals surface area contributed by atoms with Gasteiger partial charge in [-0.1, -0.05) is 24.3 Å². The van der Waals surface area contributed by atoms with Crippen molar-refractivity contribution in [1.29, 1.82) is 0 Å². The van der Waals surface area contributed by atoms with Gasteiger partial charge < -0.3 is 16.0 Å². The van der Waals surface area contributed by atoms with Gasteiger partial charge in [-0.25, -0.2) is 0 Å². The van der Waals surface area contributed by atoms with Crippen molar-refractivity contribution in [1.82, 2.24) is 10.6 Å². The number of benzene rings is 2. The molecule has 0 spiro atoms. The van der Waals surface area contributed by atoms with E-state index in [-0.39, 0.29) is 6.54 Å². The normalized spacial score (nSPS) is 13.7. The van der Waals surface area contributed by atoms with Crippen LogP contribution in [-0.4, -0.2) is 25.5 Å². The number of aliphatic imine (C=N–C) groups is 1. The number of alkyl halides is 3. The van der Waals surface area contributed by atoms with Crippen LogP contribution >= 0.6 is 0 Å². The Bertz CT molecular complexity index is 833. The van der Waals surface area contributed by atoms with Crippen molar-refractivity contribution in [2.75, 3.05) is 18.4 Å². The summed E-state index contributed by atoms with van der Waals surface area (Å²) in [5.74, 6) is 0.450. The van der Waals surface area contributed by atoms with E-state index >= 15 is 0 Å². The lowest BCUT2D eigenvalue weighted by molar-refractivity contribution is -0.137. The number of guanidine groups is 1. The molecule has 0 radical (unpaired) electrons. The fourth-order valence-electron chi connectivity index (χ4n) is 2.74. The summed E-state index contributed by atoms with van der Waals surface area (Å²) in [6.07, 6.45) is -3.92. The van der Waals surface area contributed by atoms with Gasteiger partial charge in [-0.3, -0.25) is 9.79 Å². The van der Waals surface area contributed by atoms with Crippen LogP contribution in [0.25, 0.3) is 11.1 Å². The molecule has 26 heavy (non-hydrogen) atoms. The average molecular weight is 362 g/mol. The first-order valence-corrected chi connectivity index (χ1v) is 8.00. The number of carbonyl (C=O) groups is 1. The maximum atomic E-state index is 13.3. The van der Waals surface area contributed by atoms with Crippen LogP contribution in [-0.2, 0) is 17.5 Å². The van der Waals surface area contributed by atoms with E-state index in [9.17, 15) is 18.0 Å². The lowest BCUT2D eigenvalue weighted by Crippen LogP contribution is -2.26. The zero-order valence-electron chi connectivity index (χ0n) is 13.7. The zero-order chi connectivity index (χ0) is 18.6. The van der Waals surface area contributed by atoms with Gasteiger partial charge in [0.25, 0.3) is 0 Å². The number of amides is 1. The second-order valence-corrected chi connectivity index (χ2v) is 5.73. The molecule has 0 saturated carbocycles. The Kier molecular flexibility index (Phi) is 5.11. The molecule has 1 heterocycles. The van der Waals surface area contributed by atoms with Gasteiger partial charge in [0.1, 0.15) is 0 Å². The molecule has 0 fully saturated rings. The minimum Gasteiger partial charge on any atom is -0.355 e. The minimum absolute atomic E-state index is 0.229. The first-order chi connectivity index (χ1) is 12.5. The van der Waals surface area contributed by atoms with E-state index in [0.717, 1.165) is 17.7 Å². The van der Waals surface area contributed by atoms with Crippen molar-refractivity contribution in [2.24, 2.45) is 4.99 Å². The summed E-state index contributed by atoms with van der Waals surface area (Å²) in [6.45, 7) is 1.45. The van der Waals surface area contributed by atoms with E-state index < -0.39 is 11.7 Å². The molecule has 0 aromatic heterocycles. The Hall–Kier alpha value is -3.03. The lowest BCUT2D eigenvalue weighted by Gasteiger charge is -2.16. The second-order valence-electron chi connectivity index (χ2n) is 5.73. The summed E-state index contributed by atoms with van der Waals surface area (Å²) in [5, 5.41) is 8.41. The minimum atomic E-state index is -4.48. The Balaban J connectivity index is 2.04. The van der Waals surface area contributed by atoms with Crippen LogP contribution in [0.4, 0.5) is 18.9 Å². The molecule has 2 aromatic rings. The third-order valence-corrected chi connectivity index (χ3v) is 3.90. The molecule has 0 unspecified atom stereocenters. The highest BCUT2D eigenvalue weighted by molar-refractivity contribution is 5.95. The molecule has 2 aromatic carbocycles. The summed E-state index contributed by atoms with van der Waals surface area (Å²) in [4.78, 5) is 14.7. The summed E-state index contributed by atoms with van der Waals surface area (Å²) >= 11 is 0. The average Bonchev–Trinajstić information content (AvgIpc) is 3.12. The van der Waals surface area contributed by atoms with Crippen LogP contribution in [0.5, 0.6) is 0 Å². The van der Waals surface area contributed by atoms with Gasteiger partial charge in [0.2, 0.25) is 6.41 Å². The molecule has 1 aliphatic heterocycles. The number of hydrogen-bond donors (Lipinski definition) is 3. The van der Waals surface area contributed by atoms with Gasteiger partial charge in [0.05, 0.1) is 12.1 Å². The van der Waals surface area contributed by atoms with Crippen LogP contribution in [0.2, 0.25) is 0 Å². The van der Waals surface area contributed by atoms with Crippen molar-refractivity contribution >= 4 is 18.1 Å². The number of nitrogens with zero attached hydrogens (tertiary/aromatic N) is 1. The lowest BCUT2D eigenvalue weighted by atomic mass is 9.97. The van der Waals surface area contributed by atoms with Crippen molar-refractivity contribution in [2.45, 2.75) is 12.7 Å². The zero-order valence-corrected chi connectivity index (χ0v) is 13.7. The third-order valence-electron chi connectivity index (χ3n) is 3.90. The molecule has 3 N–H and O–H groups in total. The summed E-state index contributed by atoms with van der Waals surface area (Å²) in [7, 11) is 0. The predicted octanol–water partition coefficient (Wildman–Crippen LogP) is 2.99.